The van der Waals surface area contributed by atoms with E-state index in [2.05, 4.69) is 39.2 Å². The topological polar surface area (TPSA) is 60.1 Å². The monoisotopic (exact) mass is 228 g/mol. The summed E-state index contributed by atoms with van der Waals surface area (Å²) in [6.07, 6.45) is 0. The minimum Gasteiger partial charge on any atom is -0.339 e. The van der Waals surface area contributed by atoms with Gasteiger partial charge in [-0.05, 0) is 14.1 Å². The predicted octanol–water partition coefficient (Wildman–Crippen LogP) is -1.39. The van der Waals surface area contributed by atoms with Crippen LogP contribution in [0.2, 0.25) is 0 Å². The smallest absolute Gasteiger partial charge is 0.208 e. The summed E-state index contributed by atoms with van der Waals surface area (Å²) in [4.78, 5) is 11.0. The number of hydrogen-bond donors (Lipinski definition) is 2. The molecule has 0 amide bonds. The number of nitrogens with zero attached hydrogens (tertiary/aromatic N) is 4. The summed E-state index contributed by atoms with van der Waals surface area (Å²) in [6.45, 7) is 6.39. The highest BCUT2D eigenvalue weighted by Crippen LogP contribution is 2.01. The van der Waals surface area contributed by atoms with Crippen LogP contribution in [0, 0.1) is 0 Å². The first-order valence-corrected chi connectivity index (χ1v) is 5.72. The molecule has 16 heavy (non-hydrogen) atoms. The van der Waals surface area contributed by atoms with Crippen LogP contribution in [-0.4, -0.2) is 81.1 Å². The van der Waals surface area contributed by atoms with Crippen LogP contribution >= 0.6 is 0 Å². The Morgan fingerprint density at radius 2 is 1.94 bits per heavy atom. The van der Waals surface area contributed by atoms with E-state index in [9.17, 15) is 0 Å². The fourth-order valence-corrected chi connectivity index (χ4v) is 1.82. The third-order valence-electron chi connectivity index (χ3n) is 2.88. The molecule has 0 aromatic heterocycles. The molecule has 0 bridgehead atoms. The van der Waals surface area contributed by atoms with E-state index in [0.29, 0.717) is 0 Å². The van der Waals surface area contributed by atoms with Gasteiger partial charge in [0.15, 0.2) is 0 Å². The number of likely N-dealkylation sites (N-methyl/N-ethyl adjacent to an activating group) is 1. The maximum absolute atomic E-state index is 5.40. The Balaban J connectivity index is 2.28. The molecule has 1 rings (SSSR count). The molecule has 0 unspecified atom stereocenters. The van der Waals surface area contributed by atoms with Crippen molar-refractivity contribution in [3.63, 3.8) is 0 Å². The van der Waals surface area contributed by atoms with Gasteiger partial charge < -0.3 is 9.80 Å². The Labute approximate surface area is 98.1 Å². The number of hydrazine groups is 1. The zero-order valence-corrected chi connectivity index (χ0v) is 10.6. The Kier molecular flexibility index (Phi) is 5.51. The molecule has 1 heterocycles. The van der Waals surface area contributed by atoms with Gasteiger partial charge in [0, 0.05) is 46.3 Å². The van der Waals surface area contributed by atoms with Crippen molar-refractivity contribution in [2.75, 3.05) is 60.4 Å². The van der Waals surface area contributed by atoms with E-state index in [1.54, 1.807) is 7.05 Å². The molecule has 1 aliphatic rings. The van der Waals surface area contributed by atoms with Gasteiger partial charge in [0.1, 0.15) is 0 Å². The molecule has 0 aromatic carbocycles. The van der Waals surface area contributed by atoms with Crippen LogP contribution in [-0.2, 0) is 0 Å². The van der Waals surface area contributed by atoms with E-state index in [0.717, 1.165) is 45.2 Å². The van der Waals surface area contributed by atoms with Gasteiger partial charge in [-0.1, -0.05) is 0 Å². The van der Waals surface area contributed by atoms with Crippen LogP contribution in [0.1, 0.15) is 0 Å². The van der Waals surface area contributed by atoms with Crippen molar-refractivity contribution in [1.82, 2.24) is 20.1 Å². The van der Waals surface area contributed by atoms with Gasteiger partial charge in [-0.3, -0.25) is 15.3 Å². The highest BCUT2D eigenvalue weighted by molar-refractivity contribution is 5.79. The first-order chi connectivity index (χ1) is 7.67. The molecule has 0 spiro atoms. The first-order valence-electron chi connectivity index (χ1n) is 5.72. The lowest BCUT2D eigenvalue weighted by Crippen LogP contribution is -2.54. The number of nitrogens with one attached hydrogen (secondary N) is 1. The zero-order chi connectivity index (χ0) is 12.0. The van der Waals surface area contributed by atoms with E-state index < -0.39 is 0 Å². The molecule has 6 heteroatoms. The molecule has 1 aliphatic heterocycles. The van der Waals surface area contributed by atoms with Crippen molar-refractivity contribution in [3.05, 3.63) is 0 Å². The Bertz CT molecular complexity index is 219. The van der Waals surface area contributed by atoms with Crippen LogP contribution in [0.4, 0.5) is 0 Å². The second-order valence-corrected chi connectivity index (χ2v) is 4.32. The minimum absolute atomic E-state index is 0.784. The largest absolute Gasteiger partial charge is 0.339 e. The third kappa shape index (κ3) is 3.96. The quantitative estimate of drug-likeness (QED) is 0.270. The fourth-order valence-electron chi connectivity index (χ4n) is 1.82. The third-order valence-corrected chi connectivity index (χ3v) is 2.88. The lowest BCUT2D eigenvalue weighted by molar-refractivity contribution is 0.167. The number of rotatable bonds is 3. The predicted molar refractivity (Wildman–Crippen MR) is 67.2 cm³/mol. The number of guanidine groups is 1. The van der Waals surface area contributed by atoms with Crippen molar-refractivity contribution in [1.29, 1.82) is 0 Å². The second-order valence-electron chi connectivity index (χ2n) is 4.32. The van der Waals surface area contributed by atoms with Gasteiger partial charge in [0.2, 0.25) is 5.96 Å². The van der Waals surface area contributed by atoms with Crippen molar-refractivity contribution in [3.8, 4) is 0 Å². The van der Waals surface area contributed by atoms with Gasteiger partial charge in [0.25, 0.3) is 0 Å². The number of hydrogen-bond acceptors (Lipinski definition) is 4. The van der Waals surface area contributed by atoms with Crippen LogP contribution in [0.25, 0.3) is 0 Å². The van der Waals surface area contributed by atoms with Crippen molar-refractivity contribution in [2.45, 2.75) is 0 Å². The molecule has 6 nitrogen and oxygen atoms in total. The maximum Gasteiger partial charge on any atom is 0.208 e. The summed E-state index contributed by atoms with van der Waals surface area (Å²) >= 11 is 0. The van der Waals surface area contributed by atoms with Crippen LogP contribution in [0.15, 0.2) is 4.99 Å². The van der Waals surface area contributed by atoms with Gasteiger partial charge >= 0.3 is 0 Å². The average molecular weight is 228 g/mol. The molecule has 0 atom stereocenters. The van der Waals surface area contributed by atoms with E-state index in [4.69, 9.17) is 5.84 Å². The standard InChI is InChI=1S/C10H24N6/c1-12-10(13-11)16-8-6-15(7-9-16)5-4-14(2)3/h4-9,11H2,1-3H3,(H,12,13). The van der Waals surface area contributed by atoms with Crippen molar-refractivity contribution >= 4 is 5.96 Å². The van der Waals surface area contributed by atoms with Gasteiger partial charge in [0.05, 0.1) is 0 Å². The summed E-state index contributed by atoms with van der Waals surface area (Å²) < 4.78 is 0. The van der Waals surface area contributed by atoms with Crippen molar-refractivity contribution in [2.24, 2.45) is 10.8 Å². The average Bonchev–Trinajstić information content (AvgIpc) is 2.29. The minimum atomic E-state index is 0.784. The number of aliphatic imine (C=N–C) groups is 1. The Hall–Kier alpha value is -0.850. The van der Waals surface area contributed by atoms with Crippen LogP contribution in [0.3, 0.4) is 0 Å². The van der Waals surface area contributed by atoms with Crippen LogP contribution < -0.4 is 11.3 Å². The van der Waals surface area contributed by atoms with E-state index in [1.807, 2.05) is 0 Å². The molecular formula is C10H24N6. The van der Waals surface area contributed by atoms with Crippen molar-refractivity contribution < 1.29 is 0 Å². The van der Waals surface area contributed by atoms with E-state index >= 15 is 0 Å². The molecule has 0 saturated carbocycles. The van der Waals surface area contributed by atoms with Gasteiger partial charge in [-0.2, -0.15) is 0 Å². The Morgan fingerprint density at radius 1 is 1.31 bits per heavy atom. The highest BCUT2D eigenvalue weighted by Gasteiger charge is 2.18. The number of piperazine rings is 1. The van der Waals surface area contributed by atoms with Gasteiger partial charge in [-0.15, -0.1) is 0 Å². The molecular weight excluding hydrogens is 204 g/mol. The second kappa shape index (κ2) is 6.67. The van der Waals surface area contributed by atoms with Crippen LogP contribution in [0.5, 0.6) is 0 Å². The number of nitrogens with two attached hydrogens (primary N) is 1. The summed E-state index contributed by atoms with van der Waals surface area (Å²) in [5.41, 5.74) is 2.64. The highest BCUT2D eigenvalue weighted by atomic mass is 15.4. The molecule has 0 aliphatic carbocycles. The molecule has 1 fully saturated rings. The fraction of sp³-hybridized carbons (Fsp3) is 0.900. The molecule has 0 aromatic rings. The molecule has 3 N–H and O–H groups in total. The zero-order valence-electron chi connectivity index (χ0n) is 10.6. The molecule has 1 saturated heterocycles. The van der Waals surface area contributed by atoms with Gasteiger partial charge in [-0.25, -0.2) is 5.84 Å². The molecule has 0 radical (unpaired) electrons. The normalized spacial score (nSPS) is 19.3. The first kappa shape index (κ1) is 13.2. The summed E-state index contributed by atoms with van der Waals surface area (Å²) in [7, 11) is 5.97. The maximum atomic E-state index is 5.40. The van der Waals surface area contributed by atoms with E-state index in [-0.39, 0.29) is 0 Å². The lowest BCUT2D eigenvalue weighted by atomic mass is 10.3. The van der Waals surface area contributed by atoms with E-state index in [1.165, 1.54) is 0 Å². The Morgan fingerprint density at radius 3 is 2.38 bits per heavy atom. The lowest BCUT2D eigenvalue weighted by Gasteiger charge is -2.36. The SMILES string of the molecule is CN=C(NN)N1CCN(CCN(C)C)CC1. The molecule has 94 valence electrons. The summed E-state index contributed by atoms with van der Waals surface area (Å²) in [5.74, 6) is 6.19. The summed E-state index contributed by atoms with van der Waals surface area (Å²) in [5, 5.41) is 0. The summed E-state index contributed by atoms with van der Waals surface area (Å²) in [6, 6.07) is 0.